The third-order valence-electron chi connectivity index (χ3n) is 3.86. The molecule has 1 N–H and O–H groups in total. The molecule has 2 unspecified atom stereocenters. The highest BCUT2D eigenvalue weighted by atomic mass is 16.5. The Balaban J connectivity index is 2.50. The van der Waals surface area contributed by atoms with Gasteiger partial charge in [0.2, 0.25) is 0 Å². The second kappa shape index (κ2) is 6.98. The van der Waals surface area contributed by atoms with Crippen molar-refractivity contribution in [1.29, 1.82) is 0 Å². The van der Waals surface area contributed by atoms with Crippen LogP contribution >= 0.6 is 0 Å². The highest BCUT2D eigenvalue weighted by molar-refractivity contribution is 5.79. The zero-order valence-corrected chi connectivity index (χ0v) is 12.9. The van der Waals surface area contributed by atoms with Gasteiger partial charge in [-0.1, -0.05) is 37.3 Å². The van der Waals surface area contributed by atoms with Crippen molar-refractivity contribution in [3.8, 4) is 11.5 Å². The zero-order valence-electron chi connectivity index (χ0n) is 12.9. The van der Waals surface area contributed by atoms with Crippen LogP contribution in [0, 0.1) is 0 Å². The summed E-state index contributed by atoms with van der Waals surface area (Å²) in [6, 6.07) is 14.8. The summed E-state index contributed by atoms with van der Waals surface area (Å²) >= 11 is 0. The molecule has 2 rings (SSSR count). The van der Waals surface area contributed by atoms with Crippen molar-refractivity contribution >= 4 is 5.97 Å². The minimum absolute atomic E-state index is 0.195. The average molecular weight is 300 g/mol. The summed E-state index contributed by atoms with van der Waals surface area (Å²) < 4.78 is 10.6. The third-order valence-corrected chi connectivity index (χ3v) is 3.86. The van der Waals surface area contributed by atoms with Crippen LogP contribution in [0.15, 0.2) is 48.5 Å². The molecule has 2 aromatic rings. The monoisotopic (exact) mass is 300 g/mol. The van der Waals surface area contributed by atoms with Crippen molar-refractivity contribution < 1.29 is 19.4 Å². The summed E-state index contributed by atoms with van der Waals surface area (Å²) in [6.45, 7) is 1.91. The van der Waals surface area contributed by atoms with Crippen LogP contribution in [0.4, 0.5) is 0 Å². The summed E-state index contributed by atoms with van der Waals surface area (Å²) in [6.07, 6.45) is 0. The summed E-state index contributed by atoms with van der Waals surface area (Å²) in [4.78, 5) is 11.9. The van der Waals surface area contributed by atoms with Gasteiger partial charge in [-0.05, 0) is 29.7 Å². The lowest BCUT2D eigenvalue weighted by Crippen LogP contribution is -2.19. The van der Waals surface area contributed by atoms with Crippen molar-refractivity contribution in [2.75, 3.05) is 14.2 Å². The number of carboxylic acids is 1. The fourth-order valence-electron chi connectivity index (χ4n) is 2.65. The van der Waals surface area contributed by atoms with E-state index in [2.05, 4.69) is 0 Å². The maximum absolute atomic E-state index is 11.9. The Kier molecular flexibility index (Phi) is 5.04. The Morgan fingerprint density at radius 2 is 1.73 bits per heavy atom. The number of hydrogen-bond acceptors (Lipinski definition) is 3. The molecule has 0 aromatic heterocycles. The molecule has 2 atom stereocenters. The number of aliphatic carboxylic acids is 1. The molecule has 0 fully saturated rings. The van der Waals surface area contributed by atoms with Gasteiger partial charge >= 0.3 is 5.97 Å². The van der Waals surface area contributed by atoms with Crippen LogP contribution in [0.5, 0.6) is 11.5 Å². The van der Waals surface area contributed by atoms with E-state index in [1.54, 1.807) is 25.3 Å². The molecule has 4 nitrogen and oxygen atoms in total. The van der Waals surface area contributed by atoms with Gasteiger partial charge in [-0.3, -0.25) is 4.79 Å². The molecule has 0 spiro atoms. The molecular weight excluding hydrogens is 280 g/mol. The number of hydrogen-bond donors (Lipinski definition) is 1. The number of carbonyl (C=O) groups is 1. The molecular formula is C18H20O4. The van der Waals surface area contributed by atoms with E-state index in [4.69, 9.17) is 9.47 Å². The van der Waals surface area contributed by atoms with Gasteiger partial charge < -0.3 is 14.6 Å². The number of ether oxygens (including phenoxy) is 2. The first-order valence-corrected chi connectivity index (χ1v) is 7.08. The van der Waals surface area contributed by atoms with Gasteiger partial charge in [0.1, 0.15) is 11.5 Å². The van der Waals surface area contributed by atoms with Gasteiger partial charge in [0.05, 0.1) is 20.1 Å². The predicted octanol–water partition coefficient (Wildman–Crippen LogP) is 3.68. The molecule has 4 heteroatoms. The van der Waals surface area contributed by atoms with E-state index >= 15 is 0 Å². The first-order chi connectivity index (χ1) is 10.6. The highest BCUT2D eigenvalue weighted by Crippen LogP contribution is 2.39. The Bertz CT molecular complexity index is 637. The molecule has 0 radical (unpaired) electrons. The van der Waals surface area contributed by atoms with Crippen LogP contribution in [0.2, 0.25) is 0 Å². The summed E-state index contributed by atoms with van der Waals surface area (Å²) in [7, 11) is 3.10. The topological polar surface area (TPSA) is 55.8 Å². The maximum Gasteiger partial charge on any atom is 0.311 e. The Morgan fingerprint density at radius 1 is 1.05 bits per heavy atom. The van der Waals surface area contributed by atoms with Gasteiger partial charge in [0.15, 0.2) is 0 Å². The van der Waals surface area contributed by atoms with Crippen LogP contribution in [0.3, 0.4) is 0 Å². The molecule has 0 amide bonds. The van der Waals surface area contributed by atoms with E-state index < -0.39 is 11.9 Å². The normalized spacial score (nSPS) is 13.2. The average Bonchev–Trinajstić information content (AvgIpc) is 2.55. The summed E-state index contributed by atoms with van der Waals surface area (Å²) in [5.74, 6) is -0.631. The Hall–Kier alpha value is -2.49. The van der Waals surface area contributed by atoms with Gasteiger partial charge in [-0.2, -0.15) is 0 Å². The minimum atomic E-state index is -0.886. The van der Waals surface area contributed by atoms with Crippen molar-refractivity contribution in [1.82, 2.24) is 0 Å². The molecule has 0 bridgehead atoms. The molecule has 2 aromatic carbocycles. The van der Waals surface area contributed by atoms with Crippen LogP contribution in [-0.2, 0) is 4.79 Å². The molecule has 22 heavy (non-hydrogen) atoms. The first-order valence-electron chi connectivity index (χ1n) is 7.08. The number of carboxylic acid groups (broad SMARTS) is 1. The number of rotatable bonds is 6. The second-order valence-corrected chi connectivity index (χ2v) is 5.12. The standard InChI is InChI=1S/C18H20O4/c1-12(13-7-5-4-6-8-13)17(18(19)20)15-11-14(21-2)9-10-16(15)22-3/h4-12,17H,1-3H3,(H,19,20). The molecule has 0 aliphatic heterocycles. The van der Waals surface area contributed by atoms with Crippen LogP contribution < -0.4 is 9.47 Å². The second-order valence-electron chi connectivity index (χ2n) is 5.12. The molecule has 116 valence electrons. The largest absolute Gasteiger partial charge is 0.497 e. The lowest BCUT2D eigenvalue weighted by Gasteiger charge is -2.23. The van der Waals surface area contributed by atoms with Gasteiger partial charge in [0.25, 0.3) is 0 Å². The predicted molar refractivity (Wildman–Crippen MR) is 84.8 cm³/mol. The summed E-state index contributed by atoms with van der Waals surface area (Å²) in [5.41, 5.74) is 1.59. The fourth-order valence-corrected chi connectivity index (χ4v) is 2.65. The maximum atomic E-state index is 11.9. The van der Waals surface area contributed by atoms with E-state index in [9.17, 15) is 9.90 Å². The van der Waals surface area contributed by atoms with E-state index in [1.807, 2.05) is 37.3 Å². The molecule has 0 saturated carbocycles. The van der Waals surface area contributed by atoms with Crippen molar-refractivity contribution in [2.24, 2.45) is 0 Å². The van der Waals surface area contributed by atoms with Crippen LogP contribution in [0.25, 0.3) is 0 Å². The van der Waals surface area contributed by atoms with Gasteiger partial charge in [-0.25, -0.2) is 0 Å². The smallest absolute Gasteiger partial charge is 0.311 e. The first kappa shape index (κ1) is 15.9. The lowest BCUT2D eigenvalue weighted by atomic mass is 9.82. The van der Waals surface area contributed by atoms with Crippen LogP contribution in [-0.4, -0.2) is 25.3 Å². The summed E-state index contributed by atoms with van der Waals surface area (Å²) in [5, 5.41) is 9.75. The lowest BCUT2D eigenvalue weighted by molar-refractivity contribution is -0.139. The molecule has 0 aliphatic rings. The van der Waals surface area contributed by atoms with Gasteiger partial charge in [-0.15, -0.1) is 0 Å². The van der Waals surface area contributed by atoms with Gasteiger partial charge in [0, 0.05) is 5.56 Å². The molecule has 0 heterocycles. The highest BCUT2D eigenvalue weighted by Gasteiger charge is 2.30. The van der Waals surface area contributed by atoms with Crippen molar-refractivity contribution in [3.05, 3.63) is 59.7 Å². The zero-order chi connectivity index (χ0) is 16.1. The van der Waals surface area contributed by atoms with Crippen LogP contribution in [0.1, 0.15) is 29.9 Å². The van der Waals surface area contributed by atoms with E-state index in [0.29, 0.717) is 17.1 Å². The third kappa shape index (κ3) is 3.22. The quantitative estimate of drug-likeness (QED) is 0.884. The van der Waals surface area contributed by atoms with Crippen molar-refractivity contribution in [2.45, 2.75) is 18.8 Å². The Labute approximate surface area is 130 Å². The Morgan fingerprint density at radius 3 is 2.27 bits per heavy atom. The van der Waals surface area contributed by atoms with Crippen molar-refractivity contribution in [3.63, 3.8) is 0 Å². The van der Waals surface area contributed by atoms with E-state index in [0.717, 1.165) is 5.56 Å². The fraction of sp³-hybridized carbons (Fsp3) is 0.278. The minimum Gasteiger partial charge on any atom is -0.497 e. The number of benzene rings is 2. The van der Waals surface area contributed by atoms with E-state index in [1.165, 1.54) is 7.11 Å². The molecule has 0 saturated heterocycles. The van der Waals surface area contributed by atoms with E-state index in [-0.39, 0.29) is 5.92 Å². The SMILES string of the molecule is COc1ccc(OC)c(C(C(=O)O)C(C)c2ccccc2)c1. The molecule has 0 aliphatic carbocycles. The number of methoxy groups -OCH3 is 2.